The van der Waals surface area contributed by atoms with Crippen LogP contribution in [0.3, 0.4) is 0 Å². The molecule has 26 heavy (non-hydrogen) atoms. The first kappa shape index (κ1) is 17.3. The molecule has 134 valence electrons. The van der Waals surface area contributed by atoms with Gasteiger partial charge in [-0.05, 0) is 42.5 Å². The maximum Gasteiger partial charge on any atom is 0.258 e. The highest BCUT2D eigenvalue weighted by molar-refractivity contribution is 7.99. The molecule has 1 aliphatic heterocycles. The molecule has 1 fully saturated rings. The summed E-state index contributed by atoms with van der Waals surface area (Å²) in [6.07, 6.45) is 2.99. The fourth-order valence-corrected chi connectivity index (χ4v) is 4.34. The number of nitrogens with one attached hydrogen (secondary N) is 1. The molecule has 0 radical (unpaired) electrons. The maximum absolute atomic E-state index is 12.4. The molecule has 0 amide bonds. The van der Waals surface area contributed by atoms with E-state index in [-0.39, 0.29) is 5.56 Å². The predicted octanol–water partition coefficient (Wildman–Crippen LogP) is 3.93. The number of thioether (sulfide) groups is 1. The number of hydrogen-bond acceptors (Lipinski definition) is 4. The van der Waals surface area contributed by atoms with Crippen molar-refractivity contribution in [1.29, 1.82) is 0 Å². The standard InChI is InChI=1S/C21H22N2O2S/c24-21-18-7-6-16(12-15-4-2-1-3-5-15)13-19(18)22-20(23-21)14-26-17-8-10-25-11-9-17/h1-7,13,17H,8-12,14H2,(H,22,23,24). The second-order valence-corrected chi connectivity index (χ2v) is 7.94. The summed E-state index contributed by atoms with van der Waals surface area (Å²) < 4.78 is 5.40. The molecule has 5 heteroatoms. The Morgan fingerprint density at radius 3 is 2.69 bits per heavy atom. The topological polar surface area (TPSA) is 55.0 Å². The lowest BCUT2D eigenvalue weighted by molar-refractivity contribution is 0.1000. The first-order valence-corrected chi connectivity index (χ1v) is 10.1. The number of nitrogens with zero attached hydrogens (tertiary/aromatic N) is 1. The highest BCUT2D eigenvalue weighted by Crippen LogP contribution is 2.24. The van der Waals surface area contributed by atoms with E-state index in [2.05, 4.69) is 17.1 Å². The molecule has 0 bridgehead atoms. The van der Waals surface area contributed by atoms with E-state index in [1.54, 1.807) is 0 Å². The molecule has 0 saturated carbocycles. The van der Waals surface area contributed by atoms with Crippen LogP contribution in [-0.2, 0) is 16.9 Å². The normalized spacial score (nSPS) is 15.4. The predicted molar refractivity (Wildman–Crippen MR) is 107 cm³/mol. The van der Waals surface area contributed by atoms with Gasteiger partial charge in [0.2, 0.25) is 0 Å². The van der Waals surface area contributed by atoms with Crippen LogP contribution in [0.15, 0.2) is 53.3 Å². The van der Waals surface area contributed by atoms with E-state index in [4.69, 9.17) is 9.72 Å². The minimum Gasteiger partial charge on any atom is -0.381 e. The van der Waals surface area contributed by atoms with Gasteiger partial charge in [-0.1, -0.05) is 36.4 Å². The number of rotatable bonds is 5. The molecule has 1 N–H and O–H groups in total. The van der Waals surface area contributed by atoms with E-state index in [1.165, 1.54) is 11.1 Å². The van der Waals surface area contributed by atoms with Crippen molar-refractivity contribution in [3.05, 3.63) is 75.8 Å². The molecule has 0 aliphatic carbocycles. The van der Waals surface area contributed by atoms with E-state index in [9.17, 15) is 4.79 Å². The van der Waals surface area contributed by atoms with Gasteiger partial charge in [0, 0.05) is 18.5 Å². The minimum absolute atomic E-state index is 0.0520. The van der Waals surface area contributed by atoms with Gasteiger partial charge in [0.15, 0.2) is 0 Å². The molecule has 1 aromatic heterocycles. The molecule has 2 aromatic carbocycles. The Morgan fingerprint density at radius 2 is 1.88 bits per heavy atom. The lowest BCUT2D eigenvalue weighted by atomic mass is 10.0. The van der Waals surface area contributed by atoms with Gasteiger partial charge in [-0.25, -0.2) is 4.98 Å². The average Bonchev–Trinajstić information content (AvgIpc) is 2.68. The summed E-state index contributed by atoms with van der Waals surface area (Å²) in [6, 6.07) is 16.3. The van der Waals surface area contributed by atoms with Crippen LogP contribution in [0, 0.1) is 0 Å². The van der Waals surface area contributed by atoms with Crippen molar-refractivity contribution < 1.29 is 4.74 Å². The Hall–Kier alpha value is -2.11. The third-order valence-electron chi connectivity index (χ3n) is 4.70. The molecular formula is C21H22N2O2S. The van der Waals surface area contributed by atoms with Crippen molar-refractivity contribution in [2.24, 2.45) is 0 Å². The first-order valence-electron chi connectivity index (χ1n) is 9.03. The van der Waals surface area contributed by atoms with Crippen LogP contribution in [0.1, 0.15) is 29.8 Å². The van der Waals surface area contributed by atoms with Crippen LogP contribution < -0.4 is 5.56 Å². The molecular weight excluding hydrogens is 344 g/mol. The molecule has 1 saturated heterocycles. The van der Waals surface area contributed by atoms with Gasteiger partial charge in [-0.2, -0.15) is 11.8 Å². The number of benzene rings is 2. The number of aromatic nitrogens is 2. The number of hydrogen-bond donors (Lipinski definition) is 1. The Balaban J connectivity index is 1.54. The Bertz CT molecular complexity index is 934. The third kappa shape index (κ3) is 4.17. The van der Waals surface area contributed by atoms with Crippen molar-refractivity contribution in [3.63, 3.8) is 0 Å². The van der Waals surface area contributed by atoms with Crippen molar-refractivity contribution in [1.82, 2.24) is 9.97 Å². The summed E-state index contributed by atoms with van der Waals surface area (Å²) in [5, 5.41) is 1.25. The number of H-pyrrole nitrogens is 1. The Kier molecular flexibility index (Phi) is 5.37. The van der Waals surface area contributed by atoms with Crippen LogP contribution >= 0.6 is 11.8 Å². The molecule has 0 spiro atoms. The summed E-state index contributed by atoms with van der Waals surface area (Å²) in [5.41, 5.74) is 3.16. The van der Waals surface area contributed by atoms with Gasteiger partial charge in [0.25, 0.3) is 5.56 Å². The number of ether oxygens (including phenoxy) is 1. The van der Waals surface area contributed by atoms with Crippen molar-refractivity contribution in [2.45, 2.75) is 30.3 Å². The van der Waals surface area contributed by atoms with Crippen molar-refractivity contribution in [3.8, 4) is 0 Å². The molecule has 4 nitrogen and oxygen atoms in total. The SMILES string of the molecule is O=c1[nH]c(CSC2CCOCC2)nc2cc(Cc3ccccc3)ccc12. The highest BCUT2D eigenvalue weighted by Gasteiger charge is 2.15. The molecule has 3 aromatic rings. The molecule has 1 aliphatic rings. The summed E-state index contributed by atoms with van der Waals surface area (Å²) in [6.45, 7) is 1.67. The van der Waals surface area contributed by atoms with Crippen LogP contribution in [0.2, 0.25) is 0 Å². The van der Waals surface area contributed by atoms with E-state index in [0.717, 1.165) is 49.6 Å². The zero-order valence-corrected chi connectivity index (χ0v) is 15.4. The smallest absolute Gasteiger partial charge is 0.258 e. The van der Waals surface area contributed by atoms with E-state index < -0.39 is 0 Å². The van der Waals surface area contributed by atoms with E-state index in [1.807, 2.05) is 48.2 Å². The molecule has 2 heterocycles. The van der Waals surface area contributed by atoms with Crippen LogP contribution in [0.5, 0.6) is 0 Å². The number of aromatic amines is 1. The van der Waals surface area contributed by atoms with Gasteiger partial charge >= 0.3 is 0 Å². The van der Waals surface area contributed by atoms with Crippen LogP contribution in [0.4, 0.5) is 0 Å². The second-order valence-electron chi connectivity index (χ2n) is 6.65. The first-order chi connectivity index (χ1) is 12.8. The van der Waals surface area contributed by atoms with Crippen molar-refractivity contribution in [2.75, 3.05) is 13.2 Å². The molecule has 4 rings (SSSR count). The lowest BCUT2D eigenvalue weighted by Crippen LogP contribution is -2.18. The third-order valence-corrected chi connectivity index (χ3v) is 6.08. The van der Waals surface area contributed by atoms with Gasteiger partial charge in [-0.15, -0.1) is 0 Å². The second kappa shape index (κ2) is 8.06. The zero-order valence-electron chi connectivity index (χ0n) is 14.6. The minimum atomic E-state index is -0.0520. The fourth-order valence-electron chi connectivity index (χ4n) is 3.28. The Labute approximate surface area is 157 Å². The summed E-state index contributed by atoms with van der Waals surface area (Å²) in [5.74, 6) is 1.49. The average molecular weight is 366 g/mol. The van der Waals surface area contributed by atoms with Crippen molar-refractivity contribution >= 4 is 22.7 Å². The molecule has 0 atom stereocenters. The fraction of sp³-hybridized carbons (Fsp3) is 0.333. The quantitative estimate of drug-likeness (QED) is 0.743. The Morgan fingerprint density at radius 1 is 1.08 bits per heavy atom. The zero-order chi connectivity index (χ0) is 17.8. The van der Waals surface area contributed by atoms with E-state index in [0.29, 0.717) is 10.6 Å². The van der Waals surface area contributed by atoms with Crippen LogP contribution in [-0.4, -0.2) is 28.4 Å². The van der Waals surface area contributed by atoms with Crippen LogP contribution in [0.25, 0.3) is 10.9 Å². The van der Waals surface area contributed by atoms with Gasteiger partial charge in [0.05, 0.1) is 16.7 Å². The summed E-state index contributed by atoms with van der Waals surface area (Å²) >= 11 is 1.86. The van der Waals surface area contributed by atoms with Gasteiger partial charge in [-0.3, -0.25) is 4.79 Å². The largest absolute Gasteiger partial charge is 0.381 e. The van der Waals surface area contributed by atoms with E-state index >= 15 is 0 Å². The molecule has 0 unspecified atom stereocenters. The monoisotopic (exact) mass is 366 g/mol. The maximum atomic E-state index is 12.4. The highest BCUT2D eigenvalue weighted by atomic mass is 32.2. The lowest BCUT2D eigenvalue weighted by Gasteiger charge is -2.21. The summed E-state index contributed by atoms with van der Waals surface area (Å²) in [4.78, 5) is 20.1. The number of fused-ring (bicyclic) bond motifs is 1. The van der Waals surface area contributed by atoms with Gasteiger partial charge in [0.1, 0.15) is 5.82 Å². The van der Waals surface area contributed by atoms with Gasteiger partial charge < -0.3 is 9.72 Å². The summed E-state index contributed by atoms with van der Waals surface area (Å²) in [7, 11) is 0.